The van der Waals surface area contributed by atoms with Crippen molar-refractivity contribution in [3.05, 3.63) is 47.9 Å². The lowest BCUT2D eigenvalue weighted by Crippen LogP contribution is -2.51. The topological polar surface area (TPSA) is 105 Å². The van der Waals surface area contributed by atoms with E-state index in [0.29, 0.717) is 18.3 Å². The summed E-state index contributed by atoms with van der Waals surface area (Å²) in [6.45, 7) is 1.73. The summed E-state index contributed by atoms with van der Waals surface area (Å²) in [5.41, 5.74) is 6.16. The Labute approximate surface area is 202 Å². The molecule has 1 aliphatic rings. The molecule has 2 heterocycles. The van der Waals surface area contributed by atoms with Crippen molar-refractivity contribution >= 4 is 41.5 Å². The number of nitrogens with zero attached hydrogens (tertiary/aromatic N) is 2. The molecule has 176 valence electrons. The number of nitrogens with one attached hydrogen (secondary N) is 2. The Bertz CT molecular complexity index is 892. The summed E-state index contributed by atoms with van der Waals surface area (Å²) in [7, 11) is 0. The van der Waals surface area contributed by atoms with E-state index < -0.39 is 12.5 Å². The third-order valence-corrected chi connectivity index (χ3v) is 4.83. The third kappa shape index (κ3) is 7.53. The Kier molecular flexibility index (Phi) is 10.0. The Balaban J connectivity index is 0.00000363. The molecule has 1 saturated heterocycles. The van der Waals surface area contributed by atoms with Crippen LogP contribution in [0, 0.1) is 0 Å². The third-order valence-electron chi connectivity index (χ3n) is 4.83. The van der Waals surface area contributed by atoms with Gasteiger partial charge in [0.05, 0.1) is 0 Å². The second-order valence-electron chi connectivity index (χ2n) is 7.13. The van der Waals surface area contributed by atoms with Crippen molar-refractivity contribution in [2.45, 2.75) is 39.0 Å². The van der Waals surface area contributed by atoms with Crippen LogP contribution in [0.5, 0.6) is 5.75 Å². The summed E-state index contributed by atoms with van der Waals surface area (Å²) < 4.78 is 34.5. The molecule has 1 amide bonds. The van der Waals surface area contributed by atoms with Gasteiger partial charge in [-0.25, -0.2) is 4.99 Å². The zero-order chi connectivity index (χ0) is 22.2. The highest BCUT2D eigenvalue weighted by atomic mass is 127. The minimum atomic E-state index is -2.83. The van der Waals surface area contributed by atoms with Crippen molar-refractivity contribution in [2.75, 3.05) is 24.5 Å². The van der Waals surface area contributed by atoms with Gasteiger partial charge in [-0.05, 0) is 56.2 Å². The number of alkyl halides is 2. The van der Waals surface area contributed by atoms with Crippen molar-refractivity contribution in [3.8, 4) is 5.75 Å². The molecule has 0 radical (unpaired) electrons. The van der Waals surface area contributed by atoms with Gasteiger partial charge in [0.15, 0.2) is 11.7 Å². The summed E-state index contributed by atoms with van der Waals surface area (Å²) in [6.07, 6.45) is 1.95. The molecule has 1 aromatic heterocycles. The van der Waals surface area contributed by atoms with Crippen molar-refractivity contribution in [2.24, 2.45) is 10.7 Å². The lowest BCUT2D eigenvalue weighted by Gasteiger charge is -2.35. The van der Waals surface area contributed by atoms with Crippen molar-refractivity contribution in [1.82, 2.24) is 10.6 Å². The van der Waals surface area contributed by atoms with Crippen LogP contribution < -0.4 is 26.0 Å². The first-order valence-electron chi connectivity index (χ1n) is 10.2. The molecule has 3 rings (SSSR count). The Morgan fingerprint density at radius 2 is 2.06 bits per heavy atom. The molecule has 0 saturated carbocycles. The molecule has 8 nitrogen and oxygen atoms in total. The number of nitrogens with two attached hydrogens (primary N) is 1. The zero-order valence-corrected chi connectivity index (χ0v) is 20.1. The van der Waals surface area contributed by atoms with Crippen LogP contribution in [0.2, 0.25) is 0 Å². The summed E-state index contributed by atoms with van der Waals surface area (Å²) >= 11 is 0. The molecule has 1 aliphatic heterocycles. The molecule has 1 unspecified atom stereocenters. The number of halogens is 3. The Hall–Kier alpha value is -2.57. The zero-order valence-electron chi connectivity index (χ0n) is 17.7. The van der Waals surface area contributed by atoms with Gasteiger partial charge in [0.2, 0.25) is 0 Å². The summed E-state index contributed by atoms with van der Waals surface area (Å²) in [5.74, 6) is 0.825. The van der Waals surface area contributed by atoms with E-state index in [1.54, 1.807) is 30.3 Å². The summed E-state index contributed by atoms with van der Waals surface area (Å²) in [5, 5.41) is 6.64. The number of aliphatic imine (C=N–C) groups is 1. The lowest BCUT2D eigenvalue weighted by molar-refractivity contribution is -0.0498. The van der Waals surface area contributed by atoms with Crippen LogP contribution in [-0.4, -0.2) is 44.2 Å². The number of guanidine groups is 1. The minimum absolute atomic E-state index is 0. The summed E-state index contributed by atoms with van der Waals surface area (Å²) in [6, 6.07) is 10.0. The van der Waals surface area contributed by atoms with Gasteiger partial charge in [-0.2, -0.15) is 8.78 Å². The number of rotatable bonds is 8. The van der Waals surface area contributed by atoms with Crippen LogP contribution in [0.25, 0.3) is 0 Å². The Morgan fingerprint density at radius 3 is 2.69 bits per heavy atom. The van der Waals surface area contributed by atoms with Crippen molar-refractivity contribution < 1.29 is 22.7 Å². The van der Waals surface area contributed by atoms with Crippen LogP contribution in [-0.2, 0) is 6.54 Å². The number of primary amides is 1. The highest BCUT2D eigenvalue weighted by Gasteiger charge is 2.21. The van der Waals surface area contributed by atoms with Crippen LogP contribution in [0.1, 0.15) is 36.1 Å². The highest BCUT2D eigenvalue weighted by Crippen LogP contribution is 2.24. The molecule has 0 spiro atoms. The van der Waals surface area contributed by atoms with Gasteiger partial charge in [0.1, 0.15) is 18.1 Å². The van der Waals surface area contributed by atoms with Crippen molar-refractivity contribution in [3.63, 3.8) is 0 Å². The van der Waals surface area contributed by atoms with E-state index in [1.807, 2.05) is 6.92 Å². The molecular formula is C21H28F2IN5O3. The van der Waals surface area contributed by atoms with Crippen LogP contribution in [0.15, 0.2) is 45.8 Å². The van der Waals surface area contributed by atoms with E-state index in [-0.39, 0.29) is 48.1 Å². The van der Waals surface area contributed by atoms with E-state index in [0.717, 1.165) is 31.6 Å². The van der Waals surface area contributed by atoms with E-state index in [9.17, 15) is 13.6 Å². The quantitative estimate of drug-likeness (QED) is 0.259. The monoisotopic (exact) mass is 563 g/mol. The average molecular weight is 563 g/mol. The number of hydrogen-bond acceptors (Lipinski definition) is 5. The van der Waals surface area contributed by atoms with E-state index in [4.69, 9.17) is 10.2 Å². The first-order valence-corrected chi connectivity index (χ1v) is 10.2. The number of amides is 1. The molecule has 2 aromatic rings. The molecule has 32 heavy (non-hydrogen) atoms. The van der Waals surface area contributed by atoms with E-state index >= 15 is 0 Å². The fourth-order valence-electron chi connectivity index (χ4n) is 3.43. The Morgan fingerprint density at radius 1 is 1.31 bits per heavy atom. The van der Waals surface area contributed by atoms with Crippen molar-refractivity contribution in [1.29, 1.82) is 0 Å². The number of carbonyl (C=O) groups excluding carboxylic acids is 1. The number of ether oxygens (including phenoxy) is 1. The molecular weight excluding hydrogens is 535 g/mol. The molecule has 11 heteroatoms. The molecule has 1 fully saturated rings. The fourth-order valence-corrected chi connectivity index (χ4v) is 3.43. The maximum atomic E-state index is 12.3. The highest BCUT2D eigenvalue weighted by molar-refractivity contribution is 14.0. The van der Waals surface area contributed by atoms with Gasteiger partial charge in [-0.15, -0.1) is 24.0 Å². The molecule has 1 atom stereocenters. The largest absolute Gasteiger partial charge is 0.454 e. The van der Waals surface area contributed by atoms with E-state index in [1.165, 1.54) is 6.07 Å². The maximum Gasteiger partial charge on any atom is 0.387 e. The van der Waals surface area contributed by atoms with Gasteiger partial charge < -0.3 is 30.4 Å². The second kappa shape index (κ2) is 12.5. The minimum Gasteiger partial charge on any atom is -0.454 e. The predicted molar refractivity (Wildman–Crippen MR) is 129 cm³/mol. The van der Waals surface area contributed by atoms with Gasteiger partial charge in [0.25, 0.3) is 5.91 Å². The summed E-state index contributed by atoms with van der Waals surface area (Å²) in [4.78, 5) is 17.9. The molecule has 4 N–H and O–H groups in total. The number of hydrogen-bond donors (Lipinski definition) is 3. The average Bonchev–Trinajstić information content (AvgIpc) is 3.22. The first kappa shape index (κ1) is 25.7. The van der Waals surface area contributed by atoms with E-state index in [2.05, 4.69) is 25.3 Å². The number of benzene rings is 1. The fraction of sp³-hybridized carbons (Fsp3) is 0.429. The standard InChI is InChI=1S/C21H27F2N5O3.HI/c1-2-25-21(26-12-17-9-10-18(30-17)19(24)29)27-14-4-3-11-28(13-14)15-5-7-16(8-6-15)31-20(22)23;/h5-10,14,20H,2-4,11-13H2,1H3,(H2,24,29)(H2,25,26,27);1H. The number of carbonyl (C=O) groups is 1. The van der Waals surface area contributed by atoms with Crippen LogP contribution >= 0.6 is 24.0 Å². The number of anilines is 1. The van der Waals surface area contributed by atoms with Gasteiger partial charge in [-0.1, -0.05) is 0 Å². The van der Waals surface area contributed by atoms with Crippen LogP contribution in [0.4, 0.5) is 14.5 Å². The molecule has 0 aliphatic carbocycles. The number of furan rings is 1. The van der Waals surface area contributed by atoms with Gasteiger partial charge in [-0.3, -0.25) is 4.79 Å². The SMILES string of the molecule is CCNC(=NCc1ccc(C(N)=O)o1)NC1CCCN(c2ccc(OC(F)F)cc2)C1.I. The normalized spacial score (nSPS) is 16.4. The van der Waals surface area contributed by atoms with Crippen LogP contribution in [0.3, 0.4) is 0 Å². The maximum absolute atomic E-state index is 12.3. The van der Waals surface area contributed by atoms with Gasteiger partial charge >= 0.3 is 6.61 Å². The van der Waals surface area contributed by atoms with Gasteiger partial charge in [0, 0.05) is 31.4 Å². The first-order chi connectivity index (χ1) is 14.9. The lowest BCUT2D eigenvalue weighted by atomic mass is 10.0. The molecule has 0 bridgehead atoms. The molecule has 1 aromatic carbocycles. The number of piperidine rings is 1. The smallest absolute Gasteiger partial charge is 0.387 e. The second-order valence-corrected chi connectivity index (χ2v) is 7.13. The predicted octanol–water partition coefficient (Wildman–Crippen LogP) is 3.32.